The van der Waals surface area contributed by atoms with Gasteiger partial charge in [0.1, 0.15) is 11.9 Å². The van der Waals surface area contributed by atoms with Crippen LogP contribution in [0.4, 0.5) is 5.13 Å². The minimum Gasteiger partial charge on any atom is -0.480 e. The lowest BCUT2D eigenvalue weighted by molar-refractivity contribution is -0.138. The summed E-state index contributed by atoms with van der Waals surface area (Å²) in [6.07, 6.45) is 2.41. The van der Waals surface area contributed by atoms with Gasteiger partial charge in [0.2, 0.25) is 5.13 Å². The molecule has 0 saturated heterocycles. The first-order valence-corrected chi connectivity index (χ1v) is 6.62. The first-order valence-electron chi connectivity index (χ1n) is 5.84. The van der Waals surface area contributed by atoms with Crippen molar-refractivity contribution in [2.24, 2.45) is 5.92 Å². The maximum Gasteiger partial charge on any atom is 0.326 e. The summed E-state index contributed by atoms with van der Waals surface area (Å²) in [5, 5.41) is 12.6. The number of nitrogens with one attached hydrogen (secondary N) is 1. The molecule has 0 aliphatic rings. The fourth-order valence-electron chi connectivity index (χ4n) is 1.48. The second kappa shape index (κ2) is 6.54. The van der Waals surface area contributed by atoms with Gasteiger partial charge in [0, 0.05) is 18.0 Å². The summed E-state index contributed by atoms with van der Waals surface area (Å²) in [6, 6.07) is -0.586. The number of carboxylic acid groups (broad SMARTS) is 1. The summed E-state index contributed by atoms with van der Waals surface area (Å²) >= 11 is 1.23. The van der Waals surface area contributed by atoms with Crippen LogP contribution in [0.3, 0.4) is 0 Å². The van der Waals surface area contributed by atoms with E-state index in [1.807, 2.05) is 13.8 Å². The Balaban J connectivity index is 2.62. The van der Waals surface area contributed by atoms with Crippen molar-refractivity contribution in [3.05, 3.63) is 5.82 Å². The van der Waals surface area contributed by atoms with Gasteiger partial charge < -0.3 is 10.4 Å². The fourth-order valence-corrected chi connectivity index (χ4v) is 2.14. The van der Waals surface area contributed by atoms with Crippen LogP contribution in [0.5, 0.6) is 0 Å². The van der Waals surface area contributed by atoms with Crippen molar-refractivity contribution in [2.75, 3.05) is 5.32 Å². The number of hydrogen-bond donors (Lipinski definition) is 2. The van der Waals surface area contributed by atoms with Gasteiger partial charge in [-0.15, -0.1) is 0 Å². The zero-order valence-corrected chi connectivity index (χ0v) is 11.3. The molecule has 17 heavy (non-hydrogen) atoms. The summed E-state index contributed by atoms with van der Waals surface area (Å²) in [7, 11) is 0. The molecule has 0 spiro atoms. The van der Waals surface area contributed by atoms with Crippen LogP contribution in [0.2, 0.25) is 0 Å². The number of aromatic nitrogens is 2. The van der Waals surface area contributed by atoms with E-state index < -0.39 is 12.0 Å². The standard InChI is InChI=1S/C11H19N3O2S/c1-4-5-9-13-11(17-14-9)12-8(10(15)16)6-7(2)3/h7-8H,4-6H2,1-3H3,(H,15,16)(H,12,13,14). The molecule has 1 aromatic heterocycles. The van der Waals surface area contributed by atoms with Crippen molar-refractivity contribution in [3.63, 3.8) is 0 Å². The Morgan fingerprint density at radius 2 is 2.24 bits per heavy atom. The van der Waals surface area contributed by atoms with Crippen molar-refractivity contribution < 1.29 is 9.90 Å². The van der Waals surface area contributed by atoms with Crippen LogP contribution in [0.15, 0.2) is 0 Å². The average Bonchev–Trinajstić information content (AvgIpc) is 2.64. The Labute approximate surface area is 105 Å². The van der Waals surface area contributed by atoms with Crippen LogP contribution >= 0.6 is 11.5 Å². The number of aliphatic carboxylic acids is 1. The predicted molar refractivity (Wildman–Crippen MR) is 68.4 cm³/mol. The summed E-state index contributed by atoms with van der Waals surface area (Å²) in [4.78, 5) is 15.3. The first kappa shape index (κ1) is 13.9. The lowest BCUT2D eigenvalue weighted by atomic mass is 10.0. The molecule has 1 aromatic rings. The average molecular weight is 257 g/mol. The molecule has 0 aliphatic heterocycles. The maximum atomic E-state index is 11.1. The molecule has 0 saturated carbocycles. The third kappa shape index (κ3) is 4.68. The molecule has 0 aliphatic carbocycles. The SMILES string of the molecule is CCCc1nsc(NC(CC(C)C)C(=O)O)n1. The normalized spacial score (nSPS) is 12.7. The lowest BCUT2D eigenvalue weighted by Crippen LogP contribution is -2.30. The first-order chi connectivity index (χ1) is 8.02. The molecular weight excluding hydrogens is 238 g/mol. The summed E-state index contributed by atoms with van der Waals surface area (Å²) < 4.78 is 4.17. The Morgan fingerprint density at radius 1 is 1.53 bits per heavy atom. The Hall–Kier alpha value is -1.17. The minimum absolute atomic E-state index is 0.326. The Bertz CT molecular complexity index is 365. The predicted octanol–water partition coefficient (Wildman–Crippen LogP) is 2.40. The van der Waals surface area contributed by atoms with E-state index in [1.54, 1.807) is 0 Å². The van der Waals surface area contributed by atoms with Gasteiger partial charge >= 0.3 is 5.97 Å². The van der Waals surface area contributed by atoms with Crippen LogP contribution in [0.25, 0.3) is 0 Å². The van der Waals surface area contributed by atoms with Crippen molar-refractivity contribution in [2.45, 2.75) is 46.1 Å². The maximum absolute atomic E-state index is 11.1. The van der Waals surface area contributed by atoms with E-state index >= 15 is 0 Å². The highest BCUT2D eigenvalue weighted by Crippen LogP contribution is 2.16. The number of anilines is 1. The quantitative estimate of drug-likeness (QED) is 0.784. The molecule has 5 nitrogen and oxygen atoms in total. The van der Waals surface area contributed by atoms with Crippen LogP contribution in [0.1, 0.15) is 39.4 Å². The molecule has 96 valence electrons. The van der Waals surface area contributed by atoms with Crippen molar-refractivity contribution >= 4 is 22.6 Å². The van der Waals surface area contributed by atoms with Gasteiger partial charge in [-0.2, -0.15) is 4.37 Å². The molecular formula is C11H19N3O2S. The van der Waals surface area contributed by atoms with Crippen molar-refractivity contribution in [1.82, 2.24) is 9.36 Å². The van der Waals surface area contributed by atoms with E-state index in [-0.39, 0.29) is 0 Å². The highest BCUT2D eigenvalue weighted by Gasteiger charge is 2.20. The van der Waals surface area contributed by atoms with Crippen molar-refractivity contribution in [1.29, 1.82) is 0 Å². The highest BCUT2D eigenvalue weighted by atomic mass is 32.1. The highest BCUT2D eigenvalue weighted by molar-refractivity contribution is 7.09. The van der Waals surface area contributed by atoms with Gasteiger partial charge in [-0.05, 0) is 18.8 Å². The third-order valence-corrected chi connectivity index (χ3v) is 2.93. The molecule has 0 bridgehead atoms. The number of nitrogens with zero attached hydrogens (tertiary/aromatic N) is 2. The molecule has 1 heterocycles. The minimum atomic E-state index is -0.842. The lowest BCUT2D eigenvalue weighted by Gasteiger charge is -2.15. The number of carbonyl (C=O) groups is 1. The van der Waals surface area contributed by atoms with Crippen LogP contribution in [0, 0.1) is 5.92 Å². The van der Waals surface area contributed by atoms with E-state index in [9.17, 15) is 4.79 Å². The molecule has 0 aromatic carbocycles. The number of hydrogen-bond acceptors (Lipinski definition) is 5. The molecule has 0 amide bonds. The van der Waals surface area contributed by atoms with Crippen LogP contribution < -0.4 is 5.32 Å². The topological polar surface area (TPSA) is 75.1 Å². The van der Waals surface area contributed by atoms with Gasteiger partial charge in [-0.3, -0.25) is 0 Å². The van der Waals surface area contributed by atoms with Crippen LogP contribution in [-0.2, 0) is 11.2 Å². The van der Waals surface area contributed by atoms with Gasteiger partial charge in [0.15, 0.2) is 0 Å². The number of carboxylic acids is 1. The molecule has 1 unspecified atom stereocenters. The number of aryl methyl sites for hydroxylation is 1. The number of rotatable bonds is 7. The Kier molecular flexibility index (Phi) is 5.34. The summed E-state index contributed by atoms with van der Waals surface area (Å²) in [5.74, 6) is 0.270. The zero-order valence-electron chi connectivity index (χ0n) is 10.4. The summed E-state index contributed by atoms with van der Waals surface area (Å²) in [6.45, 7) is 6.06. The molecule has 1 rings (SSSR count). The van der Waals surface area contributed by atoms with Gasteiger partial charge in [-0.1, -0.05) is 20.8 Å². The van der Waals surface area contributed by atoms with E-state index in [2.05, 4.69) is 21.6 Å². The monoisotopic (exact) mass is 257 g/mol. The second-order valence-corrected chi connectivity index (χ2v) is 5.18. The molecule has 6 heteroatoms. The van der Waals surface area contributed by atoms with Crippen molar-refractivity contribution in [3.8, 4) is 0 Å². The van der Waals surface area contributed by atoms with E-state index in [0.29, 0.717) is 17.5 Å². The largest absolute Gasteiger partial charge is 0.480 e. The van der Waals surface area contributed by atoms with Gasteiger partial charge in [0.05, 0.1) is 0 Å². The van der Waals surface area contributed by atoms with E-state index in [0.717, 1.165) is 18.7 Å². The fraction of sp³-hybridized carbons (Fsp3) is 0.727. The molecule has 2 N–H and O–H groups in total. The third-order valence-electron chi connectivity index (χ3n) is 2.24. The molecule has 0 radical (unpaired) electrons. The Morgan fingerprint density at radius 3 is 2.76 bits per heavy atom. The zero-order chi connectivity index (χ0) is 12.8. The van der Waals surface area contributed by atoms with E-state index in [4.69, 9.17) is 5.11 Å². The van der Waals surface area contributed by atoms with Gasteiger partial charge in [0.25, 0.3) is 0 Å². The second-order valence-electron chi connectivity index (χ2n) is 4.43. The van der Waals surface area contributed by atoms with E-state index in [1.165, 1.54) is 11.5 Å². The molecule has 1 atom stereocenters. The van der Waals surface area contributed by atoms with Crippen LogP contribution in [-0.4, -0.2) is 26.5 Å². The smallest absolute Gasteiger partial charge is 0.326 e. The summed E-state index contributed by atoms with van der Waals surface area (Å²) in [5.41, 5.74) is 0. The molecule has 0 fully saturated rings. The van der Waals surface area contributed by atoms with Gasteiger partial charge in [-0.25, -0.2) is 9.78 Å².